The predicted molar refractivity (Wildman–Crippen MR) is 103 cm³/mol. The van der Waals surface area contributed by atoms with E-state index in [4.69, 9.17) is 9.47 Å². The van der Waals surface area contributed by atoms with Crippen LogP contribution in [-0.4, -0.2) is 25.8 Å². The van der Waals surface area contributed by atoms with E-state index >= 15 is 0 Å². The van der Waals surface area contributed by atoms with E-state index in [1.54, 1.807) is 12.1 Å². The monoisotopic (exact) mass is 348 g/mol. The molecule has 26 heavy (non-hydrogen) atoms. The zero-order valence-corrected chi connectivity index (χ0v) is 14.7. The van der Waals surface area contributed by atoms with Crippen molar-refractivity contribution >= 4 is 28.1 Å². The number of ether oxygens (including phenoxy) is 2. The zero-order chi connectivity index (χ0) is 18.1. The number of hydrogen-bond donors (Lipinski definition) is 1. The van der Waals surface area contributed by atoms with E-state index < -0.39 is 0 Å². The van der Waals surface area contributed by atoms with Crippen molar-refractivity contribution < 1.29 is 14.3 Å². The summed E-state index contributed by atoms with van der Waals surface area (Å²) in [4.78, 5) is 14.6. The highest BCUT2D eigenvalue weighted by atomic mass is 16.7. The third-order valence-corrected chi connectivity index (χ3v) is 4.74. The van der Waals surface area contributed by atoms with Crippen LogP contribution in [-0.2, 0) is 4.79 Å². The van der Waals surface area contributed by atoms with Gasteiger partial charge in [-0.2, -0.15) is 0 Å². The maximum absolute atomic E-state index is 12.7. The quantitative estimate of drug-likeness (QED) is 0.773. The van der Waals surface area contributed by atoms with E-state index in [2.05, 4.69) is 29.6 Å². The summed E-state index contributed by atoms with van der Waals surface area (Å²) in [5, 5.41) is 5.28. The van der Waals surface area contributed by atoms with Gasteiger partial charge in [0.05, 0.1) is 0 Å². The highest BCUT2D eigenvalue weighted by Crippen LogP contribution is 2.34. The Morgan fingerprint density at radius 2 is 1.77 bits per heavy atom. The van der Waals surface area contributed by atoms with Gasteiger partial charge in [-0.3, -0.25) is 4.79 Å². The van der Waals surface area contributed by atoms with Crippen molar-refractivity contribution in [3.63, 3.8) is 0 Å². The molecule has 0 fully saturated rings. The Morgan fingerprint density at radius 3 is 2.62 bits per heavy atom. The summed E-state index contributed by atoms with van der Waals surface area (Å²) in [5.41, 5.74) is 1.69. The lowest BCUT2D eigenvalue weighted by Gasteiger charge is -2.26. The topological polar surface area (TPSA) is 50.8 Å². The number of benzene rings is 3. The summed E-state index contributed by atoms with van der Waals surface area (Å²) in [7, 11) is 1.92. The molecule has 132 valence electrons. The third kappa shape index (κ3) is 3.04. The van der Waals surface area contributed by atoms with Crippen LogP contribution in [0.15, 0.2) is 60.7 Å². The molecule has 0 radical (unpaired) electrons. The van der Waals surface area contributed by atoms with E-state index in [1.165, 1.54) is 5.39 Å². The molecule has 4 rings (SSSR count). The molecular formula is C21H20N2O3. The number of fused-ring (bicyclic) bond motifs is 2. The lowest BCUT2D eigenvalue weighted by atomic mass is 10.1. The minimum atomic E-state index is -0.332. The predicted octanol–water partition coefficient (Wildman–Crippen LogP) is 4.03. The second kappa shape index (κ2) is 6.59. The van der Waals surface area contributed by atoms with Gasteiger partial charge in [0.1, 0.15) is 6.04 Å². The molecule has 1 aliphatic rings. The van der Waals surface area contributed by atoms with Gasteiger partial charge in [0, 0.05) is 24.5 Å². The summed E-state index contributed by atoms with van der Waals surface area (Å²) in [6.07, 6.45) is 0. The first-order chi connectivity index (χ1) is 12.6. The Hall–Kier alpha value is -3.21. The fraction of sp³-hybridized carbons (Fsp3) is 0.190. The molecule has 0 unspecified atom stereocenters. The van der Waals surface area contributed by atoms with Gasteiger partial charge in [-0.25, -0.2) is 0 Å². The van der Waals surface area contributed by atoms with Crippen molar-refractivity contribution in [1.82, 2.24) is 0 Å². The lowest BCUT2D eigenvalue weighted by molar-refractivity contribution is -0.117. The number of hydrogen-bond acceptors (Lipinski definition) is 4. The van der Waals surface area contributed by atoms with Gasteiger partial charge in [0.25, 0.3) is 0 Å². The molecule has 1 amide bonds. The molecule has 0 saturated carbocycles. The number of amides is 1. The number of nitrogens with one attached hydrogen (secondary N) is 1. The van der Waals surface area contributed by atoms with Gasteiger partial charge in [-0.15, -0.1) is 0 Å². The SMILES string of the molecule is C[C@H](C(=O)Nc1ccc2c(c1)OCO2)N(C)c1ccc2ccccc2c1. The van der Waals surface area contributed by atoms with Crippen molar-refractivity contribution in [3.8, 4) is 11.5 Å². The molecule has 0 spiro atoms. The molecule has 1 atom stereocenters. The summed E-state index contributed by atoms with van der Waals surface area (Å²) < 4.78 is 10.6. The van der Waals surface area contributed by atoms with E-state index in [0.29, 0.717) is 17.2 Å². The molecule has 0 bridgehead atoms. The fourth-order valence-electron chi connectivity index (χ4n) is 3.02. The van der Waals surface area contributed by atoms with Crippen LogP contribution in [0.5, 0.6) is 11.5 Å². The van der Waals surface area contributed by atoms with Crippen molar-refractivity contribution in [2.75, 3.05) is 24.1 Å². The van der Waals surface area contributed by atoms with Crippen LogP contribution in [0.2, 0.25) is 0 Å². The van der Waals surface area contributed by atoms with Crippen molar-refractivity contribution in [3.05, 3.63) is 60.7 Å². The second-order valence-electron chi connectivity index (χ2n) is 6.38. The number of likely N-dealkylation sites (N-methyl/N-ethyl adjacent to an activating group) is 1. The molecule has 0 aliphatic carbocycles. The Labute approximate surface area is 152 Å². The van der Waals surface area contributed by atoms with Gasteiger partial charge >= 0.3 is 0 Å². The van der Waals surface area contributed by atoms with Crippen LogP contribution in [0, 0.1) is 0 Å². The van der Waals surface area contributed by atoms with E-state index in [0.717, 1.165) is 11.1 Å². The maximum Gasteiger partial charge on any atom is 0.246 e. The molecule has 3 aromatic rings. The highest BCUT2D eigenvalue weighted by molar-refractivity contribution is 5.97. The maximum atomic E-state index is 12.7. The molecule has 5 nitrogen and oxygen atoms in total. The summed E-state index contributed by atoms with van der Waals surface area (Å²) in [6.45, 7) is 2.10. The summed E-state index contributed by atoms with van der Waals surface area (Å²) >= 11 is 0. The first kappa shape index (κ1) is 16.3. The average Bonchev–Trinajstić information content (AvgIpc) is 3.14. The van der Waals surface area contributed by atoms with Crippen LogP contribution in [0.25, 0.3) is 10.8 Å². The van der Waals surface area contributed by atoms with Crippen LogP contribution in [0.3, 0.4) is 0 Å². The molecule has 5 heteroatoms. The van der Waals surface area contributed by atoms with Crippen molar-refractivity contribution in [1.29, 1.82) is 0 Å². The standard InChI is InChI=1S/C21H20N2O3/c1-14(21(24)22-17-8-10-19-20(12-17)26-13-25-19)23(2)18-9-7-15-5-3-4-6-16(15)11-18/h3-12,14H,13H2,1-2H3,(H,22,24)/t14-/m1/s1. The third-order valence-electron chi connectivity index (χ3n) is 4.74. The molecule has 1 N–H and O–H groups in total. The summed E-state index contributed by atoms with van der Waals surface area (Å²) in [5.74, 6) is 1.27. The van der Waals surface area contributed by atoms with Gasteiger partial charge in [0.15, 0.2) is 11.5 Å². The van der Waals surface area contributed by atoms with Gasteiger partial charge < -0.3 is 19.7 Å². The molecule has 3 aromatic carbocycles. The average molecular weight is 348 g/mol. The van der Waals surface area contributed by atoms with Crippen LogP contribution >= 0.6 is 0 Å². The first-order valence-corrected chi connectivity index (χ1v) is 8.54. The number of nitrogens with zero attached hydrogens (tertiary/aromatic N) is 1. The fourth-order valence-corrected chi connectivity index (χ4v) is 3.02. The number of carbonyl (C=O) groups is 1. The van der Waals surface area contributed by atoms with Crippen molar-refractivity contribution in [2.45, 2.75) is 13.0 Å². The molecule has 1 heterocycles. The summed E-state index contributed by atoms with van der Waals surface area (Å²) in [6, 6.07) is 19.5. The molecular weight excluding hydrogens is 328 g/mol. The minimum absolute atomic E-state index is 0.0838. The smallest absolute Gasteiger partial charge is 0.246 e. The van der Waals surface area contributed by atoms with Gasteiger partial charge in [0.2, 0.25) is 12.7 Å². The number of carbonyl (C=O) groups excluding carboxylic acids is 1. The Morgan fingerprint density at radius 1 is 1.00 bits per heavy atom. The number of anilines is 2. The van der Waals surface area contributed by atoms with E-state index in [9.17, 15) is 4.79 Å². The number of rotatable bonds is 4. The van der Waals surface area contributed by atoms with Crippen LogP contribution in [0.4, 0.5) is 11.4 Å². The van der Waals surface area contributed by atoms with E-state index in [-0.39, 0.29) is 18.7 Å². The second-order valence-corrected chi connectivity index (χ2v) is 6.38. The lowest BCUT2D eigenvalue weighted by Crippen LogP contribution is -2.39. The molecule has 0 saturated heterocycles. The van der Waals surface area contributed by atoms with Gasteiger partial charge in [-0.05, 0) is 42.0 Å². The van der Waals surface area contributed by atoms with Gasteiger partial charge in [-0.1, -0.05) is 30.3 Å². The van der Waals surface area contributed by atoms with Crippen LogP contribution < -0.4 is 19.7 Å². The van der Waals surface area contributed by atoms with Crippen LogP contribution in [0.1, 0.15) is 6.92 Å². The zero-order valence-electron chi connectivity index (χ0n) is 14.7. The first-order valence-electron chi connectivity index (χ1n) is 8.54. The minimum Gasteiger partial charge on any atom is -0.454 e. The molecule has 0 aromatic heterocycles. The van der Waals surface area contributed by atoms with Crippen molar-refractivity contribution in [2.24, 2.45) is 0 Å². The normalized spacial score (nSPS) is 13.5. The molecule has 1 aliphatic heterocycles. The Kier molecular flexibility index (Phi) is 4.13. The Bertz CT molecular complexity index is 970. The largest absolute Gasteiger partial charge is 0.454 e. The van der Waals surface area contributed by atoms with E-state index in [1.807, 2.05) is 43.1 Å². The Balaban J connectivity index is 1.50. The highest BCUT2D eigenvalue weighted by Gasteiger charge is 2.20.